The Bertz CT molecular complexity index is 744. The fourth-order valence-electron chi connectivity index (χ4n) is 3.49. The summed E-state index contributed by atoms with van der Waals surface area (Å²) >= 11 is 0. The van der Waals surface area contributed by atoms with Crippen molar-refractivity contribution in [3.63, 3.8) is 0 Å². The van der Waals surface area contributed by atoms with Gasteiger partial charge < -0.3 is 25.1 Å². The molecule has 2 heterocycles. The molecule has 0 aliphatic carbocycles. The summed E-state index contributed by atoms with van der Waals surface area (Å²) in [6.45, 7) is 2.42. The lowest BCUT2D eigenvalue weighted by molar-refractivity contribution is -0.672. The first kappa shape index (κ1) is 18.1. The van der Waals surface area contributed by atoms with E-state index in [2.05, 4.69) is 15.8 Å². The summed E-state index contributed by atoms with van der Waals surface area (Å²) in [4.78, 5) is 23.1. The van der Waals surface area contributed by atoms with Gasteiger partial charge in [-0.15, -0.1) is 0 Å². The van der Waals surface area contributed by atoms with Gasteiger partial charge in [0, 0.05) is 37.8 Å². The zero-order valence-electron chi connectivity index (χ0n) is 14.5. The molecule has 3 N–H and O–H groups in total. The summed E-state index contributed by atoms with van der Waals surface area (Å²) in [7, 11) is 0. The summed E-state index contributed by atoms with van der Waals surface area (Å²) in [5, 5.41) is 19.8. The van der Waals surface area contributed by atoms with Crippen molar-refractivity contribution in [1.82, 2.24) is 10.5 Å². The van der Waals surface area contributed by atoms with Crippen molar-refractivity contribution in [2.75, 3.05) is 13.1 Å². The number of aromatic nitrogens is 1. The number of carbonyl (C=O) groups is 2. The molecule has 0 unspecified atom stereocenters. The molecule has 2 aromatic rings. The highest BCUT2D eigenvalue weighted by molar-refractivity contribution is 5.82. The maximum absolute atomic E-state index is 12.3. The number of rotatable bonds is 7. The second-order valence-electron chi connectivity index (χ2n) is 6.76. The molecule has 26 heavy (non-hydrogen) atoms. The van der Waals surface area contributed by atoms with Crippen LogP contribution in [0.5, 0.6) is 0 Å². The van der Waals surface area contributed by atoms with Gasteiger partial charge in [0.05, 0.1) is 18.8 Å². The zero-order valence-corrected chi connectivity index (χ0v) is 14.5. The number of nitrogens with two attached hydrogens (primary N) is 1. The van der Waals surface area contributed by atoms with Gasteiger partial charge >= 0.3 is 0 Å². The Morgan fingerprint density at radius 2 is 2.08 bits per heavy atom. The minimum absolute atomic E-state index is 0.0429. The fourth-order valence-corrected chi connectivity index (χ4v) is 3.49. The maximum atomic E-state index is 12.3. The number of nitrogens with one attached hydrogen (secondary N) is 1. The van der Waals surface area contributed by atoms with Crippen molar-refractivity contribution in [2.24, 2.45) is 11.8 Å². The number of hydrogen-bond acceptors (Lipinski definition) is 5. The third-order valence-electron chi connectivity index (χ3n) is 4.89. The lowest BCUT2D eigenvalue weighted by Crippen LogP contribution is -2.88. The van der Waals surface area contributed by atoms with Crippen molar-refractivity contribution in [1.29, 1.82) is 0 Å². The zero-order chi connectivity index (χ0) is 18.4. The van der Waals surface area contributed by atoms with E-state index in [9.17, 15) is 14.7 Å². The molecule has 1 saturated heterocycles. The fraction of sp³-hybridized carbons (Fsp3) is 0.421. The van der Waals surface area contributed by atoms with Gasteiger partial charge in [0.15, 0.2) is 5.76 Å². The number of carboxylic acid groups (broad SMARTS) is 1. The molecule has 1 aliphatic heterocycles. The first-order valence-electron chi connectivity index (χ1n) is 8.91. The summed E-state index contributed by atoms with van der Waals surface area (Å²) < 4.78 is 4.77. The number of hydrogen-bond donors (Lipinski definition) is 2. The summed E-state index contributed by atoms with van der Waals surface area (Å²) in [5.74, 6) is -1.07. The van der Waals surface area contributed by atoms with Gasteiger partial charge in [-0.05, 0) is 11.5 Å². The van der Waals surface area contributed by atoms with Gasteiger partial charge in [0.2, 0.25) is 5.91 Å². The van der Waals surface area contributed by atoms with Crippen LogP contribution >= 0.6 is 0 Å². The number of amides is 1. The van der Waals surface area contributed by atoms with Crippen LogP contribution in [0.15, 0.2) is 40.9 Å². The van der Waals surface area contributed by atoms with Crippen molar-refractivity contribution < 1.29 is 24.5 Å². The van der Waals surface area contributed by atoms with Gasteiger partial charge in [-0.2, -0.15) is 0 Å². The van der Waals surface area contributed by atoms with Crippen molar-refractivity contribution in [2.45, 2.75) is 25.8 Å². The van der Waals surface area contributed by atoms with Crippen LogP contribution in [-0.4, -0.2) is 30.1 Å². The van der Waals surface area contributed by atoms with Gasteiger partial charge in [-0.3, -0.25) is 4.79 Å². The molecule has 7 heteroatoms. The highest BCUT2D eigenvalue weighted by Crippen LogP contribution is 2.24. The van der Waals surface area contributed by atoms with Crippen LogP contribution in [0.25, 0.3) is 0 Å². The average Bonchev–Trinajstić information content (AvgIpc) is 3.11. The van der Waals surface area contributed by atoms with Crippen LogP contribution < -0.4 is 15.7 Å². The lowest BCUT2D eigenvalue weighted by atomic mass is 9.81. The Balaban J connectivity index is 1.54. The number of piperidine rings is 1. The molecule has 138 valence electrons. The normalized spacial score (nSPS) is 19.8. The smallest absolute Gasteiger partial charge is 0.220 e. The van der Waals surface area contributed by atoms with E-state index in [0.29, 0.717) is 25.1 Å². The first-order valence-corrected chi connectivity index (χ1v) is 8.91. The molecule has 0 bridgehead atoms. The van der Waals surface area contributed by atoms with E-state index < -0.39 is 5.97 Å². The van der Waals surface area contributed by atoms with E-state index in [1.807, 2.05) is 30.3 Å². The van der Waals surface area contributed by atoms with Crippen LogP contribution in [-0.2, 0) is 17.8 Å². The molecular weight excluding hydrogens is 334 g/mol. The van der Waals surface area contributed by atoms with Gasteiger partial charge in [0.1, 0.15) is 5.97 Å². The SMILES string of the molecule is O=C(C[C@@H]1CC[NH2+]C[C@@H]1Cc1cc(C(=O)[O-])on1)NCc1ccccc1. The maximum Gasteiger partial charge on any atom is 0.220 e. The van der Waals surface area contributed by atoms with E-state index in [1.54, 1.807) is 0 Å². The molecule has 1 amide bonds. The van der Waals surface area contributed by atoms with Crippen molar-refractivity contribution in [3.05, 3.63) is 53.4 Å². The number of quaternary nitrogens is 1. The molecule has 0 saturated carbocycles. The average molecular weight is 357 g/mol. The molecule has 0 spiro atoms. The predicted octanol–water partition coefficient (Wildman–Crippen LogP) is -0.513. The van der Waals surface area contributed by atoms with E-state index in [-0.39, 0.29) is 23.5 Å². The Labute approximate surface area is 151 Å². The van der Waals surface area contributed by atoms with E-state index in [4.69, 9.17) is 4.52 Å². The molecule has 2 atom stereocenters. The van der Waals surface area contributed by atoms with Gasteiger partial charge in [-0.1, -0.05) is 35.5 Å². The minimum Gasteiger partial charge on any atom is -0.541 e. The second kappa shape index (κ2) is 8.62. The highest BCUT2D eigenvalue weighted by Gasteiger charge is 2.30. The largest absolute Gasteiger partial charge is 0.541 e. The van der Waals surface area contributed by atoms with Crippen LogP contribution in [0.3, 0.4) is 0 Å². The second-order valence-corrected chi connectivity index (χ2v) is 6.76. The lowest BCUT2D eigenvalue weighted by Gasteiger charge is -2.29. The van der Waals surface area contributed by atoms with Gasteiger partial charge in [-0.25, -0.2) is 0 Å². The number of carboxylic acids is 1. The van der Waals surface area contributed by atoms with Gasteiger partial charge in [0.25, 0.3) is 0 Å². The highest BCUT2D eigenvalue weighted by atomic mass is 16.5. The van der Waals surface area contributed by atoms with Crippen LogP contribution in [0, 0.1) is 11.8 Å². The molecular formula is C19H23N3O4. The summed E-state index contributed by atoms with van der Waals surface area (Å²) in [5.41, 5.74) is 1.67. The minimum atomic E-state index is -1.37. The Hall–Kier alpha value is -2.67. The molecule has 1 fully saturated rings. The molecule has 1 aromatic heterocycles. The van der Waals surface area contributed by atoms with Crippen LogP contribution in [0.1, 0.15) is 34.7 Å². The number of aromatic carboxylic acids is 1. The Morgan fingerprint density at radius 3 is 2.81 bits per heavy atom. The Morgan fingerprint density at radius 1 is 1.27 bits per heavy atom. The van der Waals surface area contributed by atoms with Crippen LogP contribution in [0.2, 0.25) is 0 Å². The third kappa shape index (κ3) is 4.92. The third-order valence-corrected chi connectivity index (χ3v) is 4.89. The monoisotopic (exact) mass is 357 g/mol. The first-order chi connectivity index (χ1) is 12.6. The topological polar surface area (TPSA) is 112 Å². The molecule has 0 radical (unpaired) electrons. The predicted molar refractivity (Wildman–Crippen MR) is 90.7 cm³/mol. The molecule has 3 rings (SSSR count). The van der Waals surface area contributed by atoms with E-state index >= 15 is 0 Å². The number of benzene rings is 1. The Kier molecular flexibility index (Phi) is 6.01. The standard InChI is InChI=1S/C19H23N3O4/c23-18(21-11-13-4-2-1-3-5-13)9-14-6-7-20-12-15(14)8-16-10-17(19(24)25)26-22-16/h1-5,10,14-15,20H,6-9,11-12H2,(H,21,23)(H,24,25)/t14-,15-/m0/s1. The summed E-state index contributed by atoms with van der Waals surface area (Å²) in [6, 6.07) is 11.2. The molecule has 1 aliphatic rings. The summed E-state index contributed by atoms with van der Waals surface area (Å²) in [6.07, 6.45) is 2.02. The van der Waals surface area contributed by atoms with E-state index in [0.717, 1.165) is 25.1 Å². The van der Waals surface area contributed by atoms with Crippen LogP contribution in [0.4, 0.5) is 0 Å². The quantitative estimate of drug-likeness (QED) is 0.693. The molecule has 1 aromatic carbocycles. The number of nitrogens with zero attached hydrogens (tertiary/aromatic N) is 1. The van der Waals surface area contributed by atoms with Crippen molar-refractivity contribution in [3.8, 4) is 0 Å². The van der Waals surface area contributed by atoms with Crippen molar-refractivity contribution >= 4 is 11.9 Å². The van der Waals surface area contributed by atoms with E-state index in [1.165, 1.54) is 6.07 Å². The number of carbonyl (C=O) groups excluding carboxylic acids is 2. The molecule has 7 nitrogen and oxygen atoms in total.